The molecule has 0 aliphatic rings. The molecule has 0 saturated carbocycles. The molecule has 2 nitrogen and oxygen atoms in total. The molecule has 0 spiro atoms. The molecule has 1 N–H and O–H groups in total. The van der Waals surface area contributed by atoms with Crippen molar-refractivity contribution >= 4 is 8.03 Å². The second-order valence-electron chi connectivity index (χ2n) is 2.32. The van der Waals surface area contributed by atoms with E-state index in [0.717, 1.165) is 19.3 Å². The summed E-state index contributed by atoms with van der Waals surface area (Å²) in [5.41, 5.74) is -0.162. The summed E-state index contributed by atoms with van der Waals surface area (Å²) in [6.07, 6.45) is 4.46. The molecule has 0 rings (SSSR count). The molecule has 0 heterocycles. The predicted octanol–water partition coefficient (Wildman–Crippen LogP) is 2.20. The van der Waals surface area contributed by atoms with E-state index in [-0.39, 0.29) is 5.66 Å². The summed E-state index contributed by atoms with van der Waals surface area (Å²) in [6, 6.07) is 0. The summed E-state index contributed by atoms with van der Waals surface area (Å²) >= 11 is 0. The summed E-state index contributed by atoms with van der Waals surface area (Å²) in [4.78, 5) is 8.71. The molecular formula is C7H15O2P. The van der Waals surface area contributed by atoms with E-state index in [1.54, 1.807) is 6.08 Å². The van der Waals surface area contributed by atoms with Crippen LogP contribution >= 0.6 is 8.03 Å². The van der Waals surface area contributed by atoms with Gasteiger partial charge in [0.05, 0.1) is 5.66 Å². The zero-order valence-electron chi connectivity index (χ0n) is 6.34. The summed E-state index contributed by atoms with van der Waals surface area (Å²) in [7, 11) is -2.36. The van der Waals surface area contributed by atoms with Gasteiger partial charge in [0.25, 0.3) is 0 Å². The second kappa shape index (κ2) is 5.70. The Labute approximate surface area is 62.8 Å². The summed E-state index contributed by atoms with van der Waals surface area (Å²) < 4.78 is 10.6. The van der Waals surface area contributed by atoms with E-state index in [0.29, 0.717) is 0 Å². The molecule has 60 valence electrons. The van der Waals surface area contributed by atoms with Gasteiger partial charge in [0.15, 0.2) is 8.03 Å². The molecule has 0 bridgehead atoms. The first kappa shape index (κ1) is 9.93. The fourth-order valence-corrected chi connectivity index (χ4v) is 1.42. The van der Waals surface area contributed by atoms with Gasteiger partial charge in [-0.15, -0.1) is 6.58 Å². The molecule has 3 heteroatoms. The van der Waals surface area contributed by atoms with E-state index in [2.05, 4.69) is 13.5 Å². The number of hydrogen-bond acceptors (Lipinski definition) is 1. The number of hydrogen-bond donors (Lipinski definition) is 1. The van der Waals surface area contributed by atoms with Crippen LogP contribution in [0.25, 0.3) is 0 Å². The lowest BCUT2D eigenvalue weighted by molar-refractivity contribution is 0.491. The molecule has 10 heavy (non-hydrogen) atoms. The maximum atomic E-state index is 10.6. The van der Waals surface area contributed by atoms with Gasteiger partial charge in [-0.1, -0.05) is 25.8 Å². The van der Waals surface area contributed by atoms with E-state index in [1.165, 1.54) is 0 Å². The van der Waals surface area contributed by atoms with E-state index in [1.807, 2.05) is 0 Å². The lowest BCUT2D eigenvalue weighted by Crippen LogP contribution is -1.95. The van der Waals surface area contributed by atoms with Crippen molar-refractivity contribution in [2.75, 3.05) is 0 Å². The zero-order chi connectivity index (χ0) is 7.98. The quantitative estimate of drug-likeness (QED) is 0.497. The minimum absolute atomic E-state index is 0.162. The van der Waals surface area contributed by atoms with Crippen LogP contribution < -0.4 is 0 Å². The molecule has 2 atom stereocenters. The topological polar surface area (TPSA) is 37.3 Å². The van der Waals surface area contributed by atoms with Crippen molar-refractivity contribution in [1.29, 1.82) is 0 Å². The van der Waals surface area contributed by atoms with Gasteiger partial charge in [0.2, 0.25) is 0 Å². The van der Waals surface area contributed by atoms with Crippen molar-refractivity contribution in [3.63, 3.8) is 0 Å². The Balaban J connectivity index is 3.60. The standard InChI is InChI=1S/C7H15O2P/c1-3-5-6-7(4-2)10(8)9/h4,7,10H,2-3,5-6H2,1H3,(H,8,9). The van der Waals surface area contributed by atoms with E-state index in [9.17, 15) is 4.57 Å². The number of allylic oxidation sites excluding steroid dienone is 1. The van der Waals surface area contributed by atoms with Crippen LogP contribution in [0.5, 0.6) is 0 Å². The first-order valence-corrected chi connectivity index (χ1v) is 5.01. The lowest BCUT2D eigenvalue weighted by Gasteiger charge is -2.05. The van der Waals surface area contributed by atoms with E-state index < -0.39 is 8.03 Å². The van der Waals surface area contributed by atoms with Crippen molar-refractivity contribution in [2.24, 2.45) is 0 Å². The Bertz CT molecular complexity index is 123. The minimum atomic E-state index is -2.36. The summed E-state index contributed by atoms with van der Waals surface area (Å²) in [5.74, 6) is 0. The van der Waals surface area contributed by atoms with Gasteiger partial charge in [-0.2, -0.15) is 0 Å². The Kier molecular flexibility index (Phi) is 5.66. The third-order valence-electron chi connectivity index (χ3n) is 1.47. The fourth-order valence-electron chi connectivity index (χ4n) is 0.766. The molecule has 0 aromatic carbocycles. The van der Waals surface area contributed by atoms with E-state index in [4.69, 9.17) is 4.89 Å². The van der Waals surface area contributed by atoms with Gasteiger partial charge < -0.3 is 4.89 Å². The van der Waals surface area contributed by atoms with Crippen LogP contribution in [0.15, 0.2) is 12.7 Å². The highest BCUT2D eigenvalue weighted by Crippen LogP contribution is 2.27. The normalized spacial score (nSPS) is 16.2. The monoisotopic (exact) mass is 162 g/mol. The highest BCUT2D eigenvalue weighted by atomic mass is 31.1. The number of rotatable bonds is 5. The third kappa shape index (κ3) is 3.86. The molecule has 0 saturated heterocycles. The minimum Gasteiger partial charge on any atom is -0.346 e. The summed E-state index contributed by atoms with van der Waals surface area (Å²) in [6.45, 7) is 5.56. The Morgan fingerprint density at radius 3 is 2.70 bits per heavy atom. The smallest absolute Gasteiger partial charge is 0.195 e. The largest absolute Gasteiger partial charge is 0.346 e. The summed E-state index contributed by atoms with van der Waals surface area (Å²) in [5, 5.41) is 0. The van der Waals surface area contributed by atoms with Gasteiger partial charge in [-0.05, 0) is 6.42 Å². The van der Waals surface area contributed by atoms with Crippen LogP contribution in [0.1, 0.15) is 26.2 Å². The van der Waals surface area contributed by atoms with E-state index >= 15 is 0 Å². The maximum Gasteiger partial charge on any atom is 0.195 e. The molecule has 0 aromatic heterocycles. The highest BCUT2D eigenvalue weighted by Gasteiger charge is 2.07. The lowest BCUT2D eigenvalue weighted by atomic mass is 10.2. The van der Waals surface area contributed by atoms with Crippen LogP contribution in [0.3, 0.4) is 0 Å². The second-order valence-corrected chi connectivity index (χ2v) is 3.74. The van der Waals surface area contributed by atoms with Crippen LogP contribution in [0.2, 0.25) is 0 Å². The first-order chi connectivity index (χ1) is 4.72. The van der Waals surface area contributed by atoms with Crippen molar-refractivity contribution < 1.29 is 9.46 Å². The van der Waals surface area contributed by atoms with Crippen molar-refractivity contribution in [3.8, 4) is 0 Å². The number of unbranched alkanes of at least 4 members (excludes halogenated alkanes) is 1. The van der Waals surface area contributed by atoms with Gasteiger partial charge in [0.1, 0.15) is 0 Å². The van der Waals surface area contributed by atoms with Crippen LogP contribution in [-0.4, -0.2) is 10.6 Å². The zero-order valence-corrected chi connectivity index (χ0v) is 7.34. The molecular weight excluding hydrogens is 147 g/mol. The molecule has 0 aliphatic heterocycles. The SMILES string of the molecule is C=CC(CCCC)[PH](=O)O. The van der Waals surface area contributed by atoms with Gasteiger partial charge >= 0.3 is 0 Å². The van der Waals surface area contributed by atoms with Crippen molar-refractivity contribution in [3.05, 3.63) is 12.7 Å². The van der Waals surface area contributed by atoms with Crippen LogP contribution in [-0.2, 0) is 4.57 Å². The molecule has 0 amide bonds. The first-order valence-electron chi connectivity index (χ1n) is 3.57. The maximum absolute atomic E-state index is 10.6. The highest BCUT2D eigenvalue weighted by molar-refractivity contribution is 7.39. The van der Waals surface area contributed by atoms with Crippen LogP contribution in [0, 0.1) is 0 Å². The van der Waals surface area contributed by atoms with Crippen molar-refractivity contribution in [1.82, 2.24) is 0 Å². The molecule has 2 unspecified atom stereocenters. The molecule has 0 aromatic rings. The van der Waals surface area contributed by atoms with Gasteiger partial charge in [0, 0.05) is 0 Å². The van der Waals surface area contributed by atoms with Gasteiger partial charge in [-0.3, -0.25) is 4.57 Å². The average molecular weight is 162 g/mol. The van der Waals surface area contributed by atoms with Crippen LogP contribution in [0.4, 0.5) is 0 Å². The fraction of sp³-hybridized carbons (Fsp3) is 0.714. The Morgan fingerprint density at radius 2 is 2.40 bits per heavy atom. The predicted molar refractivity (Wildman–Crippen MR) is 44.7 cm³/mol. The Hall–Kier alpha value is -0.0700. The van der Waals surface area contributed by atoms with Gasteiger partial charge in [-0.25, -0.2) is 0 Å². The Morgan fingerprint density at radius 1 is 1.80 bits per heavy atom. The average Bonchev–Trinajstić information content (AvgIpc) is 1.89. The van der Waals surface area contributed by atoms with Crippen molar-refractivity contribution in [2.45, 2.75) is 31.8 Å². The molecule has 0 radical (unpaired) electrons. The molecule has 0 aliphatic carbocycles. The molecule has 0 fully saturated rings. The third-order valence-corrected chi connectivity index (χ3v) is 2.63.